The van der Waals surface area contributed by atoms with Crippen LogP contribution in [0.25, 0.3) is 0 Å². The minimum absolute atomic E-state index is 0.243. The Morgan fingerprint density at radius 2 is 1.95 bits per heavy atom. The van der Waals surface area contributed by atoms with Crippen LogP contribution < -0.4 is 5.73 Å². The highest BCUT2D eigenvalue weighted by Crippen LogP contribution is 2.52. The van der Waals surface area contributed by atoms with Gasteiger partial charge in [0.15, 0.2) is 5.60 Å². The molecule has 0 amide bonds. The molecule has 1 aromatic rings. The number of hydrogen-bond donors (Lipinski definition) is 1. The van der Waals surface area contributed by atoms with Crippen LogP contribution in [0.4, 0.5) is 0 Å². The molecule has 1 aliphatic rings. The molecular weight excluding hydrogens is 242 g/mol. The Labute approximate surface area is 113 Å². The zero-order valence-electron chi connectivity index (χ0n) is 11.7. The Balaban J connectivity index is 2.13. The third-order valence-corrected chi connectivity index (χ3v) is 3.70. The maximum atomic E-state index is 12.1. The Morgan fingerprint density at radius 1 is 1.37 bits per heavy atom. The molecule has 4 heteroatoms. The molecule has 1 saturated heterocycles. The number of carbonyl (C=O) groups is 1. The van der Waals surface area contributed by atoms with E-state index < -0.39 is 11.2 Å². The van der Waals surface area contributed by atoms with Gasteiger partial charge in [0.2, 0.25) is 0 Å². The van der Waals surface area contributed by atoms with Gasteiger partial charge in [-0.1, -0.05) is 30.3 Å². The van der Waals surface area contributed by atoms with Crippen LogP contribution in [0.15, 0.2) is 30.3 Å². The van der Waals surface area contributed by atoms with Gasteiger partial charge in [-0.15, -0.1) is 0 Å². The summed E-state index contributed by atoms with van der Waals surface area (Å²) in [7, 11) is 0. The first kappa shape index (κ1) is 14.0. The van der Waals surface area contributed by atoms with Crippen molar-refractivity contribution in [1.82, 2.24) is 0 Å². The highest BCUT2D eigenvalue weighted by Gasteiger charge is 2.70. The molecule has 4 nitrogen and oxygen atoms in total. The molecule has 0 saturated carbocycles. The number of hydrogen-bond acceptors (Lipinski definition) is 4. The van der Waals surface area contributed by atoms with E-state index in [9.17, 15) is 4.79 Å². The molecule has 2 atom stereocenters. The molecule has 2 N–H and O–H groups in total. The lowest BCUT2D eigenvalue weighted by atomic mass is 9.87. The molecule has 104 valence electrons. The predicted molar refractivity (Wildman–Crippen MR) is 72.5 cm³/mol. The monoisotopic (exact) mass is 263 g/mol. The van der Waals surface area contributed by atoms with Crippen LogP contribution in [0.2, 0.25) is 0 Å². The molecule has 2 rings (SSSR count). The fraction of sp³-hybridized carbons (Fsp3) is 0.533. The summed E-state index contributed by atoms with van der Waals surface area (Å²) in [4.78, 5) is 12.1. The summed E-state index contributed by atoms with van der Waals surface area (Å²) < 4.78 is 10.8. The van der Waals surface area contributed by atoms with Gasteiger partial charge in [0.05, 0.1) is 6.61 Å². The van der Waals surface area contributed by atoms with Gasteiger partial charge in [-0.3, -0.25) is 0 Å². The number of nitrogens with two attached hydrogens (primary N) is 1. The van der Waals surface area contributed by atoms with Crippen LogP contribution >= 0.6 is 0 Å². The molecule has 0 aromatic heterocycles. The second-order valence-corrected chi connectivity index (χ2v) is 5.38. The van der Waals surface area contributed by atoms with Crippen LogP contribution in [-0.2, 0) is 14.3 Å². The number of carbonyl (C=O) groups excluding carboxylic acids is 1. The molecular formula is C15H21NO3. The number of ether oxygens (including phenoxy) is 2. The predicted octanol–water partition coefficient (Wildman–Crippen LogP) is 2.19. The van der Waals surface area contributed by atoms with Crippen molar-refractivity contribution >= 4 is 5.97 Å². The minimum atomic E-state index is -0.904. The Kier molecular flexibility index (Phi) is 3.65. The van der Waals surface area contributed by atoms with E-state index in [2.05, 4.69) is 0 Å². The van der Waals surface area contributed by atoms with Gasteiger partial charge in [-0.05, 0) is 26.3 Å². The van der Waals surface area contributed by atoms with Crippen molar-refractivity contribution in [3.63, 3.8) is 0 Å². The van der Waals surface area contributed by atoms with Gasteiger partial charge in [-0.25, -0.2) is 4.79 Å². The molecule has 0 aliphatic carbocycles. The lowest BCUT2D eigenvalue weighted by Gasteiger charge is -2.18. The zero-order valence-corrected chi connectivity index (χ0v) is 11.7. The largest absolute Gasteiger partial charge is 0.464 e. The maximum Gasteiger partial charge on any atom is 0.341 e. The van der Waals surface area contributed by atoms with Gasteiger partial charge < -0.3 is 15.2 Å². The fourth-order valence-electron chi connectivity index (χ4n) is 2.44. The fourth-order valence-corrected chi connectivity index (χ4v) is 2.44. The molecule has 19 heavy (non-hydrogen) atoms. The minimum Gasteiger partial charge on any atom is -0.464 e. The van der Waals surface area contributed by atoms with Crippen molar-refractivity contribution in [2.24, 2.45) is 5.73 Å². The summed E-state index contributed by atoms with van der Waals surface area (Å²) in [6.07, 6.45) is 0.433. The van der Waals surface area contributed by atoms with E-state index in [1.807, 2.05) is 44.2 Å². The lowest BCUT2D eigenvalue weighted by molar-refractivity contribution is -0.150. The van der Waals surface area contributed by atoms with E-state index in [4.69, 9.17) is 15.2 Å². The van der Waals surface area contributed by atoms with Crippen molar-refractivity contribution in [3.05, 3.63) is 35.9 Å². The van der Waals surface area contributed by atoms with Crippen molar-refractivity contribution in [1.29, 1.82) is 0 Å². The smallest absolute Gasteiger partial charge is 0.341 e. The van der Waals surface area contributed by atoms with Crippen LogP contribution in [0.1, 0.15) is 38.8 Å². The number of epoxide rings is 1. The molecule has 0 radical (unpaired) electrons. The highest BCUT2D eigenvalue weighted by atomic mass is 16.7. The number of rotatable bonds is 5. The van der Waals surface area contributed by atoms with E-state index in [0.717, 1.165) is 5.56 Å². The summed E-state index contributed by atoms with van der Waals surface area (Å²) in [5.74, 6) is -0.314. The summed E-state index contributed by atoms with van der Waals surface area (Å²) >= 11 is 0. The van der Waals surface area contributed by atoms with Crippen LogP contribution in [0.3, 0.4) is 0 Å². The van der Waals surface area contributed by atoms with Crippen LogP contribution in [0, 0.1) is 0 Å². The molecule has 1 aromatic carbocycles. The normalized spacial score (nSPS) is 25.7. The highest BCUT2D eigenvalue weighted by molar-refractivity contribution is 5.84. The second-order valence-electron chi connectivity index (χ2n) is 5.38. The number of esters is 1. The van der Waals surface area contributed by atoms with Crippen molar-refractivity contribution in [2.45, 2.75) is 44.4 Å². The van der Waals surface area contributed by atoms with Crippen molar-refractivity contribution in [3.8, 4) is 0 Å². The first-order valence-corrected chi connectivity index (χ1v) is 6.61. The standard InChI is InChI=1S/C15H21NO3/c1-4-18-13(17)15(14(2,3)19-15)10-12(16)11-8-6-5-7-9-11/h5-9,12H,4,10,16H2,1-3H3. The number of benzene rings is 1. The Morgan fingerprint density at radius 3 is 2.42 bits per heavy atom. The molecule has 1 heterocycles. The van der Waals surface area contributed by atoms with E-state index in [-0.39, 0.29) is 12.0 Å². The van der Waals surface area contributed by atoms with Crippen molar-refractivity contribution in [2.75, 3.05) is 6.61 Å². The van der Waals surface area contributed by atoms with Gasteiger partial charge in [-0.2, -0.15) is 0 Å². The Bertz CT molecular complexity index is 458. The lowest BCUT2D eigenvalue weighted by Crippen LogP contribution is -2.36. The summed E-state index contributed by atoms with van der Waals surface area (Å²) in [5.41, 5.74) is 5.77. The zero-order chi connectivity index (χ0) is 14.1. The third-order valence-electron chi connectivity index (χ3n) is 3.70. The molecule has 0 bridgehead atoms. The summed E-state index contributed by atoms with van der Waals surface area (Å²) in [5, 5.41) is 0. The molecule has 2 unspecified atom stereocenters. The maximum absolute atomic E-state index is 12.1. The van der Waals surface area contributed by atoms with E-state index in [1.54, 1.807) is 6.92 Å². The topological polar surface area (TPSA) is 64.8 Å². The first-order chi connectivity index (χ1) is 8.93. The van der Waals surface area contributed by atoms with E-state index >= 15 is 0 Å². The molecule has 0 spiro atoms. The van der Waals surface area contributed by atoms with Gasteiger partial charge in [0.25, 0.3) is 0 Å². The van der Waals surface area contributed by atoms with Gasteiger partial charge in [0, 0.05) is 12.5 Å². The first-order valence-electron chi connectivity index (χ1n) is 6.61. The molecule has 1 aliphatic heterocycles. The second kappa shape index (κ2) is 4.94. The van der Waals surface area contributed by atoms with Gasteiger partial charge >= 0.3 is 5.97 Å². The summed E-state index contributed by atoms with van der Waals surface area (Å²) in [6.45, 7) is 5.92. The summed E-state index contributed by atoms with van der Waals surface area (Å²) in [6, 6.07) is 9.48. The van der Waals surface area contributed by atoms with Gasteiger partial charge in [0.1, 0.15) is 5.60 Å². The SMILES string of the molecule is CCOC(=O)C1(CC(N)c2ccccc2)OC1(C)C. The third kappa shape index (κ3) is 2.51. The quantitative estimate of drug-likeness (QED) is 0.653. The van der Waals surface area contributed by atoms with Crippen molar-refractivity contribution < 1.29 is 14.3 Å². The average Bonchev–Trinajstić information content (AvgIpc) is 2.93. The Hall–Kier alpha value is -1.39. The van der Waals surface area contributed by atoms with Crippen LogP contribution in [-0.4, -0.2) is 23.8 Å². The van der Waals surface area contributed by atoms with Crippen LogP contribution in [0.5, 0.6) is 0 Å². The molecule has 1 fully saturated rings. The van der Waals surface area contributed by atoms with E-state index in [1.165, 1.54) is 0 Å². The average molecular weight is 263 g/mol. The van der Waals surface area contributed by atoms with E-state index in [0.29, 0.717) is 13.0 Å².